The highest BCUT2D eigenvalue weighted by atomic mass is 32.2. The second-order valence-corrected chi connectivity index (χ2v) is 8.13. The Balaban J connectivity index is 1.73. The predicted molar refractivity (Wildman–Crippen MR) is 104 cm³/mol. The zero-order chi connectivity index (χ0) is 18.5. The van der Waals surface area contributed by atoms with Crippen molar-refractivity contribution in [3.63, 3.8) is 0 Å². The van der Waals surface area contributed by atoms with Gasteiger partial charge in [0.05, 0.1) is 7.11 Å². The molecule has 0 fully saturated rings. The van der Waals surface area contributed by atoms with Gasteiger partial charge in [0.25, 0.3) is 5.56 Å². The Morgan fingerprint density at radius 3 is 2.96 bits per heavy atom. The summed E-state index contributed by atoms with van der Waals surface area (Å²) in [5.74, 6) is 1.14. The maximum absolute atomic E-state index is 12.5. The van der Waals surface area contributed by atoms with Crippen LogP contribution in [0.25, 0.3) is 0 Å². The predicted octanol–water partition coefficient (Wildman–Crippen LogP) is 3.65. The fourth-order valence-electron chi connectivity index (χ4n) is 2.24. The Labute approximate surface area is 159 Å². The number of methoxy groups -OCH3 is 1. The molecule has 136 valence electrons. The molecule has 0 bridgehead atoms. The van der Waals surface area contributed by atoms with Gasteiger partial charge in [0.2, 0.25) is 5.13 Å². The van der Waals surface area contributed by atoms with E-state index in [0.717, 1.165) is 11.4 Å². The van der Waals surface area contributed by atoms with E-state index in [2.05, 4.69) is 34.3 Å². The SMILES string of the molecule is COc1cccc(Nc2nnc(Sc3nccn(CC(C)C)c3=O)s2)c1. The van der Waals surface area contributed by atoms with E-state index in [9.17, 15) is 4.79 Å². The fraction of sp³-hybridized carbons (Fsp3) is 0.294. The molecule has 0 aliphatic heterocycles. The van der Waals surface area contributed by atoms with E-state index in [4.69, 9.17) is 4.74 Å². The Morgan fingerprint density at radius 2 is 2.19 bits per heavy atom. The summed E-state index contributed by atoms with van der Waals surface area (Å²) < 4.78 is 7.54. The Hall–Kier alpha value is -2.39. The molecular formula is C17H19N5O2S2. The number of hydrogen-bond donors (Lipinski definition) is 1. The van der Waals surface area contributed by atoms with Crippen LogP contribution in [-0.2, 0) is 6.54 Å². The number of benzene rings is 1. The van der Waals surface area contributed by atoms with Crippen LogP contribution in [0, 0.1) is 5.92 Å². The standard InChI is InChI=1S/C17H19N5O2S2/c1-11(2)10-22-8-7-18-14(15(22)23)25-17-21-20-16(26-17)19-12-5-4-6-13(9-12)24-3/h4-9,11H,10H2,1-3H3,(H,19,20). The number of anilines is 2. The summed E-state index contributed by atoms with van der Waals surface area (Å²) in [4.78, 5) is 16.7. The van der Waals surface area contributed by atoms with Gasteiger partial charge in [-0.05, 0) is 29.8 Å². The lowest BCUT2D eigenvalue weighted by atomic mass is 10.2. The van der Waals surface area contributed by atoms with Crippen molar-refractivity contribution >= 4 is 33.9 Å². The number of nitrogens with zero attached hydrogens (tertiary/aromatic N) is 4. The minimum Gasteiger partial charge on any atom is -0.497 e. The third kappa shape index (κ3) is 4.61. The number of nitrogens with one attached hydrogen (secondary N) is 1. The number of hydrogen-bond acceptors (Lipinski definition) is 8. The van der Waals surface area contributed by atoms with E-state index in [0.29, 0.717) is 27.0 Å². The van der Waals surface area contributed by atoms with E-state index in [1.165, 1.54) is 23.1 Å². The lowest BCUT2D eigenvalue weighted by molar-refractivity contribution is 0.415. The third-order valence-corrected chi connectivity index (χ3v) is 5.22. The summed E-state index contributed by atoms with van der Waals surface area (Å²) in [7, 11) is 1.62. The van der Waals surface area contributed by atoms with Gasteiger partial charge in [-0.3, -0.25) is 4.79 Å². The van der Waals surface area contributed by atoms with E-state index < -0.39 is 0 Å². The van der Waals surface area contributed by atoms with Gasteiger partial charge in [0.1, 0.15) is 5.75 Å². The number of ether oxygens (including phenoxy) is 1. The average molecular weight is 390 g/mol. The maximum atomic E-state index is 12.5. The van der Waals surface area contributed by atoms with Gasteiger partial charge in [-0.2, -0.15) is 0 Å². The van der Waals surface area contributed by atoms with Crippen molar-refractivity contribution in [2.24, 2.45) is 5.92 Å². The molecule has 0 saturated heterocycles. The summed E-state index contributed by atoms with van der Waals surface area (Å²) in [6.07, 6.45) is 3.35. The van der Waals surface area contributed by atoms with E-state index in [1.54, 1.807) is 24.1 Å². The molecule has 0 saturated carbocycles. The second kappa shape index (κ2) is 8.33. The van der Waals surface area contributed by atoms with Crippen LogP contribution in [0.2, 0.25) is 0 Å². The minimum absolute atomic E-state index is 0.108. The zero-order valence-electron chi connectivity index (χ0n) is 14.7. The highest BCUT2D eigenvalue weighted by molar-refractivity contribution is 8.01. The van der Waals surface area contributed by atoms with Gasteiger partial charge < -0.3 is 14.6 Å². The van der Waals surface area contributed by atoms with Crippen molar-refractivity contribution in [1.29, 1.82) is 0 Å². The molecule has 1 aromatic carbocycles. The smallest absolute Gasteiger partial charge is 0.283 e. The summed E-state index contributed by atoms with van der Waals surface area (Å²) >= 11 is 2.60. The lowest BCUT2D eigenvalue weighted by Crippen LogP contribution is -2.23. The maximum Gasteiger partial charge on any atom is 0.283 e. The van der Waals surface area contributed by atoms with Crippen molar-refractivity contribution in [1.82, 2.24) is 19.7 Å². The molecule has 0 amide bonds. The van der Waals surface area contributed by atoms with Crippen LogP contribution in [0.1, 0.15) is 13.8 Å². The lowest BCUT2D eigenvalue weighted by Gasteiger charge is -2.08. The molecule has 1 N–H and O–H groups in total. The largest absolute Gasteiger partial charge is 0.497 e. The Bertz CT molecular complexity index is 939. The molecule has 0 atom stereocenters. The summed E-state index contributed by atoms with van der Waals surface area (Å²) in [6.45, 7) is 4.80. The highest BCUT2D eigenvalue weighted by Crippen LogP contribution is 2.31. The van der Waals surface area contributed by atoms with Crippen LogP contribution >= 0.6 is 23.1 Å². The number of aromatic nitrogens is 4. The van der Waals surface area contributed by atoms with Crippen LogP contribution < -0.4 is 15.6 Å². The van der Waals surface area contributed by atoms with Gasteiger partial charge in [0, 0.05) is 30.7 Å². The van der Waals surface area contributed by atoms with Gasteiger partial charge in [-0.15, -0.1) is 10.2 Å². The van der Waals surface area contributed by atoms with Crippen molar-refractivity contribution in [2.75, 3.05) is 12.4 Å². The molecule has 0 spiro atoms. The molecule has 0 unspecified atom stereocenters. The van der Waals surface area contributed by atoms with Crippen LogP contribution in [-0.4, -0.2) is 26.9 Å². The van der Waals surface area contributed by atoms with Crippen molar-refractivity contribution in [2.45, 2.75) is 29.8 Å². The summed E-state index contributed by atoms with van der Waals surface area (Å²) in [6, 6.07) is 7.55. The second-order valence-electron chi connectivity index (χ2n) is 5.92. The highest BCUT2D eigenvalue weighted by Gasteiger charge is 2.12. The van der Waals surface area contributed by atoms with Crippen LogP contribution in [0.3, 0.4) is 0 Å². The first-order valence-electron chi connectivity index (χ1n) is 8.03. The zero-order valence-corrected chi connectivity index (χ0v) is 16.3. The molecule has 26 heavy (non-hydrogen) atoms. The van der Waals surface area contributed by atoms with Crippen LogP contribution in [0.4, 0.5) is 10.8 Å². The average Bonchev–Trinajstić information content (AvgIpc) is 3.05. The van der Waals surface area contributed by atoms with Gasteiger partial charge >= 0.3 is 0 Å². The topological polar surface area (TPSA) is 81.9 Å². The van der Waals surface area contributed by atoms with Crippen LogP contribution in [0.15, 0.2) is 50.8 Å². The normalized spacial score (nSPS) is 10.9. The Kier molecular flexibility index (Phi) is 5.89. The quantitative estimate of drug-likeness (QED) is 0.660. The molecule has 9 heteroatoms. The Morgan fingerprint density at radius 1 is 1.35 bits per heavy atom. The third-order valence-electron chi connectivity index (χ3n) is 3.36. The molecule has 2 heterocycles. The van der Waals surface area contributed by atoms with E-state index >= 15 is 0 Å². The van der Waals surface area contributed by atoms with Crippen molar-refractivity contribution in [3.05, 3.63) is 47.0 Å². The monoisotopic (exact) mass is 389 g/mol. The summed E-state index contributed by atoms with van der Waals surface area (Å²) in [5, 5.41) is 12.5. The molecular weight excluding hydrogens is 370 g/mol. The molecule has 0 aliphatic rings. The van der Waals surface area contributed by atoms with Crippen LogP contribution in [0.5, 0.6) is 5.75 Å². The molecule has 3 rings (SSSR count). The molecule has 0 radical (unpaired) electrons. The first-order chi connectivity index (χ1) is 12.5. The molecule has 2 aromatic heterocycles. The van der Waals surface area contributed by atoms with Crippen molar-refractivity contribution in [3.8, 4) is 5.75 Å². The number of rotatable bonds is 7. The molecule has 0 aliphatic carbocycles. The fourth-order valence-corrected chi connectivity index (χ4v) is 3.95. The first-order valence-corrected chi connectivity index (χ1v) is 9.66. The molecule has 7 nitrogen and oxygen atoms in total. The van der Waals surface area contributed by atoms with Gasteiger partial charge in [0.15, 0.2) is 9.37 Å². The first kappa shape index (κ1) is 18.4. The minimum atomic E-state index is -0.108. The van der Waals surface area contributed by atoms with E-state index in [1.807, 2.05) is 24.3 Å². The van der Waals surface area contributed by atoms with E-state index in [-0.39, 0.29) is 5.56 Å². The summed E-state index contributed by atoms with van der Waals surface area (Å²) in [5.41, 5.74) is 0.748. The van der Waals surface area contributed by atoms with Crippen molar-refractivity contribution < 1.29 is 4.74 Å². The van der Waals surface area contributed by atoms with Gasteiger partial charge in [-0.25, -0.2) is 4.98 Å². The molecule has 3 aromatic rings. The van der Waals surface area contributed by atoms with Gasteiger partial charge in [-0.1, -0.05) is 31.3 Å².